The van der Waals surface area contributed by atoms with Crippen LogP contribution in [0.15, 0.2) is 34.7 Å². The van der Waals surface area contributed by atoms with Crippen LogP contribution in [-0.2, 0) is 14.3 Å². The van der Waals surface area contributed by atoms with E-state index in [1.807, 2.05) is 18.2 Å². The van der Waals surface area contributed by atoms with Gasteiger partial charge in [0.15, 0.2) is 10.4 Å². The molecule has 0 radical (unpaired) electrons. The van der Waals surface area contributed by atoms with E-state index in [9.17, 15) is 9.59 Å². The van der Waals surface area contributed by atoms with Crippen molar-refractivity contribution < 1.29 is 14.3 Å². The Morgan fingerprint density at radius 2 is 1.96 bits per heavy atom. The van der Waals surface area contributed by atoms with Crippen molar-refractivity contribution in [2.45, 2.75) is 55.5 Å². The lowest BCUT2D eigenvalue weighted by atomic mass is 9.96. The van der Waals surface area contributed by atoms with Crippen LogP contribution in [0, 0.1) is 0 Å². The first-order valence-corrected chi connectivity index (χ1v) is 11.2. The third-order valence-electron chi connectivity index (χ3n) is 4.37. The fourth-order valence-electron chi connectivity index (χ4n) is 2.92. The molecule has 1 amide bonds. The van der Waals surface area contributed by atoms with E-state index >= 15 is 0 Å². The molecule has 9 heteroatoms. The summed E-state index contributed by atoms with van der Waals surface area (Å²) in [5, 5.41) is 15.2. The van der Waals surface area contributed by atoms with E-state index in [0.29, 0.717) is 16.1 Å². The van der Waals surface area contributed by atoms with E-state index in [1.54, 1.807) is 19.1 Å². The summed E-state index contributed by atoms with van der Waals surface area (Å²) in [5.41, 5.74) is 0.664. The Hall–Kier alpha value is -2.13. The average Bonchev–Trinajstić information content (AvgIpc) is 3.15. The highest BCUT2D eigenvalue weighted by atomic mass is 32.2. The van der Waals surface area contributed by atoms with Crippen LogP contribution < -0.4 is 10.6 Å². The Morgan fingerprint density at radius 3 is 2.71 bits per heavy atom. The van der Waals surface area contributed by atoms with Crippen molar-refractivity contribution in [2.24, 2.45) is 0 Å². The number of nitrogens with one attached hydrogen (secondary N) is 2. The summed E-state index contributed by atoms with van der Waals surface area (Å²) in [6.45, 7) is 1.55. The zero-order chi connectivity index (χ0) is 19.8. The number of ether oxygens (including phenoxy) is 1. The molecule has 1 fully saturated rings. The zero-order valence-corrected chi connectivity index (χ0v) is 17.4. The van der Waals surface area contributed by atoms with Crippen molar-refractivity contribution in [1.82, 2.24) is 10.2 Å². The molecule has 0 spiro atoms. The second kappa shape index (κ2) is 10.4. The molecule has 1 atom stereocenters. The molecule has 3 rings (SSSR count). The molecule has 28 heavy (non-hydrogen) atoms. The first-order chi connectivity index (χ1) is 13.6. The number of anilines is 2. The van der Waals surface area contributed by atoms with Gasteiger partial charge in [0.2, 0.25) is 5.13 Å². The average molecular weight is 421 g/mol. The molecule has 1 aliphatic carbocycles. The number of nitrogens with zero attached hydrogens (tertiary/aromatic N) is 2. The molecule has 2 N–H and O–H groups in total. The van der Waals surface area contributed by atoms with Crippen molar-refractivity contribution in [1.29, 1.82) is 0 Å². The topological polar surface area (TPSA) is 93.2 Å². The number of hydrogen-bond acceptors (Lipinski definition) is 8. The summed E-state index contributed by atoms with van der Waals surface area (Å²) in [7, 11) is 0. The van der Waals surface area contributed by atoms with Gasteiger partial charge < -0.3 is 15.4 Å². The van der Waals surface area contributed by atoms with Gasteiger partial charge in [-0.15, -0.1) is 10.2 Å². The van der Waals surface area contributed by atoms with E-state index in [2.05, 4.69) is 20.8 Å². The van der Waals surface area contributed by atoms with Crippen molar-refractivity contribution >= 4 is 45.8 Å². The molecule has 1 aromatic carbocycles. The van der Waals surface area contributed by atoms with Gasteiger partial charge in [-0.05, 0) is 31.9 Å². The van der Waals surface area contributed by atoms with E-state index in [-0.39, 0.29) is 11.7 Å². The molecule has 1 saturated carbocycles. The number of esters is 1. The summed E-state index contributed by atoms with van der Waals surface area (Å²) >= 11 is 2.71. The number of thioether (sulfide) groups is 1. The largest absolute Gasteiger partial charge is 0.452 e. The predicted molar refractivity (Wildman–Crippen MR) is 112 cm³/mol. The molecule has 2 aromatic rings. The maximum Gasteiger partial charge on any atom is 0.317 e. The minimum atomic E-state index is -0.869. The number of amides is 1. The number of aromatic nitrogens is 2. The minimum Gasteiger partial charge on any atom is -0.452 e. The summed E-state index contributed by atoms with van der Waals surface area (Å²) in [4.78, 5) is 24.1. The third-order valence-corrected chi connectivity index (χ3v) is 6.33. The maximum absolute atomic E-state index is 12.1. The second-order valence-electron chi connectivity index (χ2n) is 6.63. The summed E-state index contributed by atoms with van der Waals surface area (Å²) in [6, 6.07) is 9.52. The molecule has 0 unspecified atom stereocenters. The summed E-state index contributed by atoms with van der Waals surface area (Å²) in [6.07, 6.45) is 5.26. The van der Waals surface area contributed by atoms with E-state index < -0.39 is 12.1 Å². The highest BCUT2D eigenvalue weighted by Crippen LogP contribution is 2.28. The van der Waals surface area contributed by atoms with Crippen LogP contribution >= 0.6 is 23.1 Å². The lowest BCUT2D eigenvalue weighted by Crippen LogP contribution is -2.30. The molecular formula is C19H24N4O3S2. The van der Waals surface area contributed by atoms with Crippen LogP contribution in [0.1, 0.15) is 39.0 Å². The lowest BCUT2D eigenvalue weighted by molar-refractivity contribution is -0.150. The van der Waals surface area contributed by atoms with E-state index in [0.717, 1.165) is 18.0 Å². The molecule has 1 heterocycles. The maximum atomic E-state index is 12.1. The Kier molecular flexibility index (Phi) is 7.67. The fourth-order valence-corrected chi connectivity index (χ4v) is 4.53. The van der Waals surface area contributed by atoms with Crippen LogP contribution in [0.5, 0.6) is 0 Å². The number of carbonyl (C=O) groups is 2. The lowest BCUT2D eigenvalue weighted by Gasteiger charge is -2.21. The van der Waals surface area contributed by atoms with Gasteiger partial charge in [-0.1, -0.05) is 60.6 Å². The van der Waals surface area contributed by atoms with Crippen molar-refractivity contribution in [3.8, 4) is 0 Å². The van der Waals surface area contributed by atoms with Crippen molar-refractivity contribution in [3.05, 3.63) is 30.3 Å². The summed E-state index contributed by atoms with van der Waals surface area (Å²) in [5.74, 6) is -0.738. The molecule has 1 aliphatic rings. The van der Waals surface area contributed by atoms with Crippen molar-refractivity contribution in [3.63, 3.8) is 0 Å². The normalized spacial score (nSPS) is 15.6. The van der Waals surface area contributed by atoms with Gasteiger partial charge in [0, 0.05) is 11.7 Å². The van der Waals surface area contributed by atoms with Crippen LogP contribution in [-0.4, -0.2) is 40.0 Å². The van der Waals surface area contributed by atoms with Gasteiger partial charge in [0.1, 0.15) is 0 Å². The Labute approximate surface area is 172 Å². The quantitative estimate of drug-likeness (QED) is 0.493. The molecule has 1 aromatic heterocycles. The highest BCUT2D eigenvalue weighted by molar-refractivity contribution is 8.01. The third kappa shape index (κ3) is 6.49. The van der Waals surface area contributed by atoms with Gasteiger partial charge in [0.05, 0.1) is 5.75 Å². The SMILES string of the molecule is C[C@H](OC(=O)CSc1nnc(NC2CCCCC2)s1)C(=O)Nc1ccccc1. The molecular weight excluding hydrogens is 396 g/mol. The Balaban J connectivity index is 1.39. The van der Waals surface area contributed by atoms with Crippen LogP contribution in [0.4, 0.5) is 10.8 Å². The number of benzene rings is 1. The highest BCUT2D eigenvalue weighted by Gasteiger charge is 2.19. The van der Waals surface area contributed by atoms with E-state index in [1.165, 1.54) is 42.4 Å². The number of hydrogen-bond donors (Lipinski definition) is 2. The Bertz CT molecular complexity index is 778. The first kappa shape index (κ1) is 20.6. The van der Waals surface area contributed by atoms with Gasteiger partial charge in [-0.2, -0.15) is 0 Å². The zero-order valence-electron chi connectivity index (χ0n) is 15.7. The standard InChI is InChI=1S/C19H24N4O3S2/c1-13(17(25)20-14-8-4-2-5-9-14)26-16(24)12-27-19-23-22-18(28-19)21-15-10-6-3-7-11-15/h2,4-5,8-9,13,15H,3,6-7,10-12H2,1H3,(H,20,25)(H,21,22)/t13-/m0/s1. The van der Waals surface area contributed by atoms with Crippen LogP contribution in [0.2, 0.25) is 0 Å². The van der Waals surface area contributed by atoms with Crippen molar-refractivity contribution in [2.75, 3.05) is 16.4 Å². The smallest absolute Gasteiger partial charge is 0.317 e. The molecule has 150 valence electrons. The second-order valence-corrected chi connectivity index (χ2v) is 8.83. The van der Waals surface area contributed by atoms with Gasteiger partial charge in [-0.3, -0.25) is 9.59 Å². The molecule has 7 nitrogen and oxygen atoms in total. The number of carbonyl (C=O) groups excluding carboxylic acids is 2. The number of rotatable bonds is 8. The predicted octanol–water partition coefficient (Wildman–Crippen LogP) is 3.95. The van der Waals surface area contributed by atoms with Gasteiger partial charge >= 0.3 is 5.97 Å². The summed E-state index contributed by atoms with van der Waals surface area (Å²) < 4.78 is 5.91. The molecule has 0 saturated heterocycles. The fraction of sp³-hybridized carbons (Fsp3) is 0.474. The van der Waals surface area contributed by atoms with Crippen LogP contribution in [0.3, 0.4) is 0 Å². The Morgan fingerprint density at radius 1 is 1.21 bits per heavy atom. The van der Waals surface area contributed by atoms with Gasteiger partial charge in [0.25, 0.3) is 5.91 Å². The monoisotopic (exact) mass is 420 g/mol. The van der Waals surface area contributed by atoms with Gasteiger partial charge in [-0.25, -0.2) is 0 Å². The van der Waals surface area contributed by atoms with E-state index in [4.69, 9.17) is 4.74 Å². The number of para-hydroxylation sites is 1. The minimum absolute atomic E-state index is 0.0843. The first-order valence-electron chi connectivity index (χ1n) is 9.38. The van der Waals surface area contributed by atoms with Crippen LogP contribution in [0.25, 0.3) is 0 Å². The molecule has 0 bridgehead atoms. The molecule has 0 aliphatic heterocycles.